The zero-order chi connectivity index (χ0) is 22.6. The van der Waals surface area contributed by atoms with Crippen LogP contribution in [-0.2, 0) is 16.9 Å². The number of likely N-dealkylation sites (N-methyl/N-ethyl adjacent to an activating group) is 1. The first kappa shape index (κ1) is 23.4. The molecule has 1 atom stereocenters. The summed E-state index contributed by atoms with van der Waals surface area (Å²) in [4.78, 5) is 7.24. The number of aliphatic hydroxyl groups is 1. The third-order valence-corrected chi connectivity index (χ3v) is 7.29. The first-order valence-electron chi connectivity index (χ1n) is 12.0. The fourth-order valence-electron chi connectivity index (χ4n) is 4.96. The summed E-state index contributed by atoms with van der Waals surface area (Å²) in [5, 5.41) is 9.17. The van der Waals surface area contributed by atoms with Crippen LogP contribution in [0.3, 0.4) is 0 Å². The third-order valence-electron chi connectivity index (χ3n) is 7.29. The Morgan fingerprint density at radius 3 is 2.09 bits per heavy atom. The van der Waals surface area contributed by atoms with Crippen molar-refractivity contribution in [3.05, 3.63) is 59.7 Å². The number of rotatable bonds is 8. The quantitative estimate of drug-likeness (QED) is 0.685. The van der Waals surface area contributed by atoms with E-state index in [2.05, 4.69) is 84.1 Å². The Kier molecular flexibility index (Phi) is 7.64. The summed E-state index contributed by atoms with van der Waals surface area (Å²) >= 11 is 0. The number of hydrogen-bond acceptors (Lipinski definition) is 5. The SMILES string of the molecule is CN1CCC(OCc2ccc(-c3ccc(C(C)(C)N4CCN(CCO)CC4)cc3)cc2)C1. The summed E-state index contributed by atoms with van der Waals surface area (Å²) in [7, 11) is 2.16. The average Bonchev–Trinajstić information content (AvgIpc) is 3.24. The van der Waals surface area contributed by atoms with Crippen LogP contribution >= 0.6 is 0 Å². The molecular weight excluding hydrogens is 398 g/mol. The molecule has 0 radical (unpaired) electrons. The van der Waals surface area contributed by atoms with Gasteiger partial charge in [-0.3, -0.25) is 9.80 Å². The van der Waals surface area contributed by atoms with Gasteiger partial charge in [0, 0.05) is 51.4 Å². The maximum absolute atomic E-state index is 9.17. The third kappa shape index (κ3) is 5.59. The zero-order valence-electron chi connectivity index (χ0n) is 20.0. The highest BCUT2D eigenvalue weighted by atomic mass is 16.5. The van der Waals surface area contributed by atoms with Gasteiger partial charge in [-0.25, -0.2) is 0 Å². The van der Waals surface area contributed by atoms with Gasteiger partial charge in [0.1, 0.15) is 0 Å². The van der Waals surface area contributed by atoms with E-state index < -0.39 is 0 Å². The lowest BCUT2D eigenvalue weighted by Gasteiger charge is -2.44. The summed E-state index contributed by atoms with van der Waals surface area (Å²) in [6.07, 6.45) is 1.50. The number of nitrogens with zero attached hydrogens (tertiary/aromatic N) is 3. The lowest BCUT2D eigenvalue weighted by atomic mass is 9.90. The van der Waals surface area contributed by atoms with Crippen molar-refractivity contribution in [2.45, 2.75) is 38.5 Å². The van der Waals surface area contributed by atoms with Crippen LogP contribution in [0, 0.1) is 0 Å². The number of β-amino-alcohol motifs (C(OH)–C–C–N with tert-alkyl or cyclic N) is 1. The number of likely N-dealkylation sites (tertiary alicyclic amines) is 1. The number of piperazine rings is 1. The Bertz CT molecular complexity index is 842. The zero-order valence-corrected chi connectivity index (χ0v) is 20.0. The van der Waals surface area contributed by atoms with Crippen LogP contribution in [0.1, 0.15) is 31.4 Å². The molecule has 4 rings (SSSR count). The first-order chi connectivity index (χ1) is 15.5. The Hall–Kier alpha value is -1.76. The lowest BCUT2D eigenvalue weighted by molar-refractivity contribution is 0.0440. The molecule has 1 unspecified atom stereocenters. The van der Waals surface area contributed by atoms with Crippen LogP contribution in [-0.4, -0.2) is 85.4 Å². The van der Waals surface area contributed by atoms with E-state index in [1.54, 1.807) is 0 Å². The summed E-state index contributed by atoms with van der Waals surface area (Å²) in [5.41, 5.74) is 5.09. The van der Waals surface area contributed by atoms with Gasteiger partial charge in [0.15, 0.2) is 0 Å². The van der Waals surface area contributed by atoms with Crippen LogP contribution in [0.2, 0.25) is 0 Å². The Morgan fingerprint density at radius 1 is 0.906 bits per heavy atom. The lowest BCUT2D eigenvalue weighted by Crippen LogP contribution is -2.53. The van der Waals surface area contributed by atoms with Crippen molar-refractivity contribution in [3.63, 3.8) is 0 Å². The molecule has 0 spiro atoms. The van der Waals surface area contributed by atoms with Gasteiger partial charge in [0.05, 0.1) is 19.3 Å². The van der Waals surface area contributed by atoms with Crippen molar-refractivity contribution in [1.29, 1.82) is 0 Å². The molecule has 2 aliphatic rings. The minimum atomic E-state index is -0.000656. The van der Waals surface area contributed by atoms with E-state index in [0.717, 1.165) is 52.2 Å². The molecule has 2 heterocycles. The van der Waals surface area contributed by atoms with Crippen molar-refractivity contribution in [1.82, 2.24) is 14.7 Å². The Morgan fingerprint density at radius 2 is 1.53 bits per heavy atom. The van der Waals surface area contributed by atoms with Gasteiger partial charge >= 0.3 is 0 Å². The van der Waals surface area contributed by atoms with Gasteiger partial charge in [-0.2, -0.15) is 0 Å². The largest absolute Gasteiger partial charge is 0.395 e. The number of benzene rings is 2. The van der Waals surface area contributed by atoms with Gasteiger partial charge in [0.25, 0.3) is 0 Å². The van der Waals surface area contributed by atoms with E-state index in [1.807, 2.05) is 0 Å². The number of hydrogen-bond donors (Lipinski definition) is 1. The molecule has 2 aromatic carbocycles. The molecular formula is C27H39N3O2. The van der Waals surface area contributed by atoms with Gasteiger partial charge in [-0.15, -0.1) is 0 Å². The fraction of sp³-hybridized carbons (Fsp3) is 0.556. The van der Waals surface area contributed by atoms with Gasteiger partial charge in [-0.1, -0.05) is 48.5 Å². The van der Waals surface area contributed by atoms with E-state index >= 15 is 0 Å². The highest BCUT2D eigenvalue weighted by Gasteiger charge is 2.31. The summed E-state index contributed by atoms with van der Waals surface area (Å²) < 4.78 is 6.07. The molecule has 32 heavy (non-hydrogen) atoms. The van der Waals surface area contributed by atoms with Crippen LogP contribution in [0.5, 0.6) is 0 Å². The maximum atomic E-state index is 9.17. The first-order valence-corrected chi connectivity index (χ1v) is 12.0. The number of aliphatic hydroxyl groups excluding tert-OH is 1. The molecule has 0 bridgehead atoms. The predicted molar refractivity (Wildman–Crippen MR) is 131 cm³/mol. The summed E-state index contributed by atoms with van der Waals surface area (Å²) in [6, 6.07) is 17.9. The normalized spacial score (nSPS) is 21.3. The van der Waals surface area contributed by atoms with E-state index in [0.29, 0.717) is 12.7 Å². The number of ether oxygens (including phenoxy) is 1. The maximum Gasteiger partial charge on any atom is 0.0721 e. The van der Waals surface area contributed by atoms with Crippen LogP contribution < -0.4 is 0 Å². The summed E-state index contributed by atoms with van der Waals surface area (Å²) in [6.45, 7) is 12.7. The van der Waals surface area contributed by atoms with E-state index in [4.69, 9.17) is 4.74 Å². The minimum absolute atomic E-state index is 0.000656. The van der Waals surface area contributed by atoms with Crippen LogP contribution in [0.4, 0.5) is 0 Å². The topological polar surface area (TPSA) is 39.2 Å². The monoisotopic (exact) mass is 437 g/mol. The van der Waals surface area contributed by atoms with E-state index in [9.17, 15) is 5.11 Å². The molecule has 0 aliphatic carbocycles. The summed E-state index contributed by atoms with van der Waals surface area (Å²) in [5.74, 6) is 0. The molecule has 5 heteroatoms. The molecule has 0 saturated carbocycles. The van der Waals surface area contributed by atoms with Crippen molar-refractivity contribution < 1.29 is 9.84 Å². The van der Waals surface area contributed by atoms with Crippen LogP contribution in [0.25, 0.3) is 11.1 Å². The van der Waals surface area contributed by atoms with Crippen molar-refractivity contribution in [2.75, 3.05) is 59.5 Å². The Labute approximate surface area is 193 Å². The second kappa shape index (κ2) is 10.4. The molecule has 2 aromatic rings. The van der Waals surface area contributed by atoms with Crippen molar-refractivity contribution in [2.24, 2.45) is 0 Å². The molecule has 1 N–H and O–H groups in total. The van der Waals surface area contributed by atoms with Gasteiger partial charge in [0.2, 0.25) is 0 Å². The molecule has 2 saturated heterocycles. The molecule has 0 amide bonds. The standard InChI is InChI=1S/C27H39N3O2/c1-27(2,30-16-14-29(15-17-30)18-19-31)25-10-8-24(9-11-25)23-6-4-22(5-7-23)21-32-26-12-13-28(3)20-26/h4-11,26,31H,12-21H2,1-3H3. The molecule has 5 nitrogen and oxygen atoms in total. The Balaban J connectivity index is 1.34. The van der Waals surface area contributed by atoms with Crippen molar-refractivity contribution in [3.8, 4) is 11.1 Å². The highest BCUT2D eigenvalue weighted by Crippen LogP contribution is 2.31. The molecule has 2 aliphatic heterocycles. The molecule has 2 fully saturated rings. The second-order valence-electron chi connectivity index (χ2n) is 9.87. The fourth-order valence-corrected chi connectivity index (χ4v) is 4.96. The highest BCUT2D eigenvalue weighted by molar-refractivity contribution is 5.64. The van der Waals surface area contributed by atoms with E-state index in [1.165, 1.54) is 22.3 Å². The molecule has 174 valence electrons. The second-order valence-corrected chi connectivity index (χ2v) is 9.87. The van der Waals surface area contributed by atoms with Gasteiger partial charge in [-0.05, 0) is 49.6 Å². The van der Waals surface area contributed by atoms with E-state index in [-0.39, 0.29) is 12.1 Å². The smallest absolute Gasteiger partial charge is 0.0721 e. The minimum Gasteiger partial charge on any atom is -0.395 e. The molecule has 0 aromatic heterocycles. The van der Waals surface area contributed by atoms with Crippen LogP contribution in [0.15, 0.2) is 48.5 Å². The van der Waals surface area contributed by atoms with Crippen molar-refractivity contribution >= 4 is 0 Å². The predicted octanol–water partition coefficient (Wildman–Crippen LogP) is 3.42. The average molecular weight is 438 g/mol. The van der Waals surface area contributed by atoms with Gasteiger partial charge < -0.3 is 14.7 Å².